The van der Waals surface area contributed by atoms with Crippen LogP contribution in [0, 0.1) is 17.2 Å². The standard InChI is InChI=1S/C13H19N/c1-5-7-8-13(11(3)4)9-12(6-2)10-14/h6-9,11H,5H2,1-4H3/b8-7+,12-6+,13-9+. The van der Waals surface area contributed by atoms with Crippen molar-refractivity contribution in [1.29, 1.82) is 5.26 Å². The van der Waals surface area contributed by atoms with Gasteiger partial charge in [-0.25, -0.2) is 0 Å². The normalized spacial score (nSPS) is 13.7. The Morgan fingerprint density at radius 3 is 2.43 bits per heavy atom. The van der Waals surface area contributed by atoms with Gasteiger partial charge in [-0.3, -0.25) is 0 Å². The van der Waals surface area contributed by atoms with E-state index in [0.29, 0.717) is 5.92 Å². The van der Waals surface area contributed by atoms with Crippen molar-refractivity contribution in [3.8, 4) is 6.07 Å². The lowest BCUT2D eigenvalue weighted by Gasteiger charge is -2.05. The molecule has 0 saturated carbocycles. The monoisotopic (exact) mass is 189 g/mol. The second-order valence-electron chi connectivity index (χ2n) is 3.47. The number of nitriles is 1. The minimum absolute atomic E-state index is 0.459. The summed E-state index contributed by atoms with van der Waals surface area (Å²) in [5.74, 6) is 0.459. The van der Waals surface area contributed by atoms with Crippen LogP contribution in [0.5, 0.6) is 0 Å². The Kier molecular flexibility index (Phi) is 6.49. The molecule has 0 N–H and O–H groups in total. The second-order valence-corrected chi connectivity index (χ2v) is 3.47. The van der Waals surface area contributed by atoms with Gasteiger partial charge in [0.05, 0.1) is 6.07 Å². The topological polar surface area (TPSA) is 23.8 Å². The van der Waals surface area contributed by atoms with E-state index in [1.54, 1.807) is 0 Å². The third-order valence-electron chi connectivity index (χ3n) is 1.97. The molecule has 14 heavy (non-hydrogen) atoms. The first kappa shape index (κ1) is 12.7. The van der Waals surface area contributed by atoms with Crippen molar-refractivity contribution >= 4 is 0 Å². The molecule has 1 nitrogen and oxygen atoms in total. The van der Waals surface area contributed by atoms with Crippen LogP contribution in [0.1, 0.15) is 34.1 Å². The lowest BCUT2D eigenvalue weighted by atomic mass is 10.00. The summed E-state index contributed by atoms with van der Waals surface area (Å²) in [5, 5.41) is 8.80. The SMILES string of the molecule is C\C=C(C#N)/C=C(\C=C\CC)C(C)C. The van der Waals surface area contributed by atoms with Crippen LogP contribution >= 0.6 is 0 Å². The number of hydrogen-bond acceptors (Lipinski definition) is 1. The smallest absolute Gasteiger partial charge is 0.0988 e. The highest BCUT2D eigenvalue weighted by atomic mass is 14.2. The molecule has 0 atom stereocenters. The first-order valence-electron chi connectivity index (χ1n) is 5.10. The Morgan fingerprint density at radius 1 is 1.43 bits per heavy atom. The van der Waals surface area contributed by atoms with Crippen LogP contribution in [0.3, 0.4) is 0 Å². The molecule has 0 aromatic carbocycles. The maximum absolute atomic E-state index is 8.80. The Labute approximate surface area is 87.4 Å². The van der Waals surface area contributed by atoms with Crippen molar-refractivity contribution in [3.05, 3.63) is 35.5 Å². The number of hydrogen-bond donors (Lipinski definition) is 0. The zero-order chi connectivity index (χ0) is 11.0. The van der Waals surface area contributed by atoms with Gasteiger partial charge in [-0.05, 0) is 30.9 Å². The van der Waals surface area contributed by atoms with E-state index in [2.05, 4.69) is 39.0 Å². The summed E-state index contributed by atoms with van der Waals surface area (Å²) >= 11 is 0. The van der Waals surface area contributed by atoms with Gasteiger partial charge < -0.3 is 0 Å². The molecule has 0 bridgehead atoms. The molecule has 1 heteroatoms. The van der Waals surface area contributed by atoms with Crippen LogP contribution in [0.4, 0.5) is 0 Å². The Bertz CT molecular complexity index is 285. The Hall–Kier alpha value is -1.29. The maximum atomic E-state index is 8.80. The van der Waals surface area contributed by atoms with E-state index < -0.39 is 0 Å². The maximum Gasteiger partial charge on any atom is 0.0988 e. The second kappa shape index (κ2) is 7.15. The molecule has 0 aliphatic heterocycles. The molecule has 0 amide bonds. The molecular formula is C13H19N. The summed E-state index contributed by atoms with van der Waals surface area (Å²) in [6.07, 6.45) is 9.04. The number of allylic oxidation sites excluding steroid dienone is 6. The summed E-state index contributed by atoms with van der Waals surface area (Å²) < 4.78 is 0. The van der Waals surface area contributed by atoms with Gasteiger partial charge in [0.25, 0.3) is 0 Å². The lowest BCUT2D eigenvalue weighted by molar-refractivity contribution is 0.790. The molecule has 0 saturated heterocycles. The van der Waals surface area contributed by atoms with E-state index in [-0.39, 0.29) is 0 Å². The zero-order valence-corrected chi connectivity index (χ0v) is 9.54. The summed E-state index contributed by atoms with van der Waals surface area (Å²) in [5.41, 5.74) is 1.94. The first-order valence-corrected chi connectivity index (χ1v) is 5.10. The Balaban J connectivity index is 4.83. The summed E-state index contributed by atoms with van der Waals surface area (Å²) in [4.78, 5) is 0. The average molecular weight is 189 g/mol. The van der Waals surface area contributed by atoms with Gasteiger partial charge in [-0.15, -0.1) is 0 Å². The third-order valence-corrected chi connectivity index (χ3v) is 1.97. The summed E-state index contributed by atoms with van der Waals surface area (Å²) in [6, 6.07) is 2.16. The molecule has 0 aliphatic rings. The van der Waals surface area contributed by atoms with E-state index in [1.165, 1.54) is 5.57 Å². The zero-order valence-electron chi connectivity index (χ0n) is 9.54. The van der Waals surface area contributed by atoms with Crippen LogP contribution in [-0.2, 0) is 0 Å². The van der Waals surface area contributed by atoms with Crippen LogP contribution in [0.15, 0.2) is 35.5 Å². The van der Waals surface area contributed by atoms with Gasteiger partial charge in [0.2, 0.25) is 0 Å². The van der Waals surface area contributed by atoms with E-state index in [1.807, 2.05) is 19.1 Å². The fourth-order valence-corrected chi connectivity index (χ4v) is 1.02. The van der Waals surface area contributed by atoms with E-state index in [4.69, 9.17) is 5.26 Å². The Morgan fingerprint density at radius 2 is 2.07 bits per heavy atom. The highest BCUT2D eigenvalue weighted by molar-refractivity contribution is 5.39. The van der Waals surface area contributed by atoms with Crippen LogP contribution in [-0.4, -0.2) is 0 Å². The van der Waals surface area contributed by atoms with Crippen LogP contribution in [0.25, 0.3) is 0 Å². The fourth-order valence-electron chi connectivity index (χ4n) is 1.02. The van der Waals surface area contributed by atoms with E-state index >= 15 is 0 Å². The van der Waals surface area contributed by atoms with Crippen LogP contribution in [0.2, 0.25) is 0 Å². The molecule has 0 radical (unpaired) electrons. The van der Waals surface area contributed by atoms with Crippen molar-refractivity contribution in [2.45, 2.75) is 34.1 Å². The van der Waals surface area contributed by atoms with E-state index in [0.717, 1.165) is 12.0 Å². The van der Waals surface area contributed by atoms with Crippen molar-refractivity contribution in [3.63, 3.8) is 0 Å². The van der Waals surface area contributed by atoms with Crippen LogP contribution < -0.4 is 0 Å². The fraction of sp³-hybridized carbons (Fsp3) is 0.462. The molecule has 0 spiro atoms. The molecule has 0 aliphatic carbocycles. The van der Waals surface area contributed by atoms with Gasteiger partial charge in [0.15, 0.2) is 0 Å². The van der Waals surface area contributed by atoms with Crippen molar-refractivity contribution < 1.29 is 0 Å². The van der Waals surface area contributed by atoms with Gasteiger partial charge in [0.1, 0.15) is 0 Å². The minimum atomic E-state index is 0.459. The van der Waals surface area contributed by atoms with Crippen molar-refractivity contribution in [1.82, 2.24) is 0 Å². The molecule has 0 aromatic rings. The molecular weight excluding hydrogens is 170 g/mol. The van der Waals surface area contributed by atoms with Gasteiger partial charge in [-0.2, -0.15) is 5.26 Å². The third kappa shape index (κ3) is 4.67. The molecule has 76 valence electrons. The summed E-state index contributed by atoms with van der Waals surface area (Å²) in [7, 11) is 0. The molecule has 0 heterocycles. The minimum Gasteiger partial charge on any atom is -0.192 e. The highest BCUT2D eigenvalue weighted by Crippen LogP contribution is 2.14. The lowest BCUT2D eigenvalue weighted by Crippen LogP contribution is -1.91. The molecule has 0 rings (SSSR count). The predicted molar refractivity (Wildman–Crippen MR) is 61.7 cm³/mol. The quantitative estimate of drug-likeness (QED) is 0.484. The average Bonchev–Trinajstić information content (AvgIpc) is 2.18. The van der Waals surface area contributed by atoms with Gasteiger partial charge in [0, 0.05) is 5.57 Å². The largest absolute Gasteiger partial charge is 0.192 e. The van der Waals surface area contributed by atoms with E-state index in [9.17, 15) is 0 Å². The van der Waals surface area contributed by atoms with Crippen molar-refractivity contribution in [2.75, 3.05) is 0 Å². The summed E-state index contributed by atoms with van der Waals surface area (Å²) in [6.45, 7) is 8.26. The van der Waals surface area contributed by atoms with Crippen molar-refractivity contribution in [2.24, 2.45) is 5.92 Å². The molecule has 0 aromatic heterocycles. The van der Waals surface area contributed by atoms with Gasteiger partial charge in [-0.1, -0.05) is 39.0 Å². The molecule has 0 fully saturated rings. The first-order chi connectivity index (χ1) is 6.65. The number of rotatable bonds is 4. The molecule has 0 unspecified atom stereocenters. The predicted octanol–water partition coefficient (Wildman–Crippen LogP) is 4.00. The van der Waals surface area contributed by atoms with Gasteiger partial charge >= 0.3 is 0 Å². The number of nitrogens with zero attached hydrogens (tertiary/aromatic N) is 1. The highest BCUT2D eigenvalue weighted by Gasteiger charge is 1.99.